The molecule has 0 saturated heterocycles. The molecule has 1 unspecified atom stereocenters. The van der Waals surface area contributed by atoms with Crippen molar-refractivity contribution in [3.63, 3.8) is 0 Å². The number of ether oxygens (including phenoxy) is 1. The molecular weight excluding hydrogens is 150 g/mol. The van der Waals surface area contributed by atoms with Crippen LogP contribution in [0.2, 0.25) is 0 Å². The van der Waals surface area contributed by atoms with Crippen LogP contribution in [0.1, 0.15) is 33.1 Å². The van der Waals surface area contributed by atoms with Crippen molar-refractivity contribution in [2.45, 2.75) is 39.2 Å². The summed E-state index contributed by atoms with van der Waals surface area (Å²) in [4.78, 5) is 0. The Labute approximate surface area is 75.7 Å². The Balaban J connectivity index is 2.10. The summed E-state index contributed by atoms with van der Waals surface area (Å²) in [6.45, 7) is 6.55. The SMILES string of the molecule is CCC(COC)NCC1(C)CC1. The largest absolute Gasteiger partial charge is 0.383 e. The van der Waals surface area contributed by atoms with Gasteiger partial charge in [-0.25, -0.2) is 0 Å². The summed E-state index contributed by atoms with van der Waals surface area (Å²) >= 11 is 0. The lowest BCUT2D eigenvalue weighted by Crippen LogP contribution is -2.36. The molecule has 72 valence electrons. The Morgan fingerprint density at radius 1 is 1.50 bits per heavy atom. The highest BCUT2D eigenvalue weighted by molar-refractivity contribution is 4.91. The quantitative estimate of drug-likeness (QED) is 0.658. The summed E-state index contributed by atoms with van der Waals surface area (Å²) < 4.78 is 5.12. The monoisotopic (exact) mass is 171 g/mol. The fraction of sp³-hybridized carbons (Fsp3) is 1.00. The maximum absolute atomic E-state index is 5.12. The van der Waals surface area contributed by atoms with Gasteiger partial charge in [0, 0.05) is 19.7 Å². The van der Waals surface area contributed by atoms with Crippen LogP contribution < -0.4 is 5.32 Å². The van der Waals surface area contributed by atoms with Crippen molar-refractivity contribution in [2.24, 2.45) is 5.41 Å². The minimum absolute atomic E-state index is 0.549. The van der Waals surface area contributed by atoms with Crippen molar-refractivity contribution >= 4 is 0 Å². The minimum Gasteiger partial charge on any atom is -0.383 e. The predicted octanol–water partition coefficient (Wildman–Crippen LogP) is 1.80. The van der Waals surface area contributed by atoms with E-state index in [4.69, 9.17) is 4.74 Å². The van der Waals surface area contributed by atoms with Gasteiger partial charge in [-0.2, -0.15) is 0 Å². The Hall–Kier alpha value is -0.0800. The van der Waals surface area contributed by atoms with Crippen LogP contribution in [0.5, 0.6) is 0 Å². The van der Waals surface area contributed by atoms with Gasteiger partial charge in [0.1, 0.15) is 0 Å². The molecule has 0 bridgehead atoms. The van der Waals surface area contributed by atoms with Crippen molar-refractivity contribution in [1.29, 1.82) is 0 Å². The predicted molar refractivity (Wildman–Crippen MR) is 51.3 cm³/mol. The fourth-order valence-corrected chi connectivity index (χ4v) is 1.30. The number of hydrogen-bond acceptors (Lipinski definition) is 2. The second-order valence-corrected chi connectivity index (χ2v) is 4.25. The van der Waals surface area contributed by atoms with Gasteiger partial charge in [-0.05, 0) is 24.7 Å². The van der Waals surface area contributed by atoms with Crippen molar-refractivity contribution < 1.29 is 4.74 Å². The van der Waals surface area contributed by atoms with Gasteiger partial charge in [0.2, 0.25) is 0 Å². The maximum Gasteiger partial charge on any atom is 0.0615 e. The molecule has 0 aromatic rings. The normalized spacial score (nSPS) is 22.2. The van der Waals surface area contributed by atoms with Gasteiger partial charge >= 0.3 is 0 Å². The van der Waals surface area contributed by atoms with E-state index in [0.29, 0.717) is 11.5 Å². The molecule has 1 aliphatic rings. The maximum atomic E-state index is 5.12. The van der Waals surface area contributed by atoms with E-state index in [0.717, 1.165) is 19.6 Å². The third kappa shape index (κ3) is 3.11. The number of nitrogens with one attached hydrogen (secondary N) is 1. The molecular formula is C10H21NO. The van der Waals surface area contributed by atoms with E-state index in [1.807, 2.05) is 0 Å². The van der Waals surface area contributed by atoms with Crippen molar-refractivity contribution in [1.82, 2.24) is 5.32 Å². The van der Waals surface area contributed by atoms with Crippen LogP contribution in [0.25, 0.3) is 0 Å². The molecule has 12 heavy (non-hydrogen) atoms. The summed E-state index contributed by atoms with van der Waals surface area (Å²) in [5.74, 6) is 0. The van der Waals surface area contributed by atoms with E-state index < -0.39 is 0 Å². The van der Waals surface area contributed by atoms with Gasteiger partial charge in [0.05, 0.1) is 6.61 Å². The fourth-order valence-electron chi connectivity index (χ4n) is 1.30. The third-order valence-corrected chi connectivity index (χ3v) is 2.78. The zero-order chi connectivity index (χ0) is 9.03. The van der Waals surface area contributed by atoms with Crippen LogP contribution in [-0.2, 0) is 4.74 Å². The van der Waals surface area contributed by atoms with Gasteiger partial charge in [-0.15, -0.1) is 0 Å². The van der Waals surface area contributed by atoms with E-state index in [1.54, 1.807) is 7.11 Å². The second-order valence-electron chi connectivity index (χ2n) is 4.25. The smallest absolute Gasteiger partial charge is 0.0615 e. The third-order valence-electron chi connectivity index (χ3n) is 2.78. The Kier molecular flexibility index (Phi) is 3.53. The van der Waals surface area contributed by atoms with Crippen molar-refractivity contribution in [3.05, 3.63) is 0 Å². The lowest BCUT2D eigenvalue weighted by atomic mass is 10.1. The standard InChI is InChI=1S/C10H21NO/c1-4-9(7-12-3)11-8-10(2)5-6-10/h9,11H,4-8H2,1-3H3. The van der Waals surface area contributed by atoms with Crippen LogP contribution >= 0.6 is 0 Å². The van der Waals surface area contributed by atoms with Crippen LogP contribution in [0.15, 0.2) is 0 Å². The molecule has 1 N–H and O–H groups in total. The van der Waals surface area contributed by atoms with Gasteiger partial charge in [0.25, 0.3) is 0 Å². The van der Waals surface area contributed by atoms with E-state index >= 15 is 0 Å². The van der Waals surface area contributed by atoms with Gasteiger partial charge in [0.15, 0.2) is 0 Å². The molecule has 0 aliphatic heterocycles. The molecule has 0 aromatic carbocycles. The summed E-state index contributed by atoms with van der Waals surface area (Å²) in [7, 11) is 1.77. The highest BCUT2D eigenvalue weighted by atomic mass is 16.5. The molecule has 0 amide bonds. The summed E-state index contributed by atoms with van der Waals surface area (Å²) in [6.07, 6.45) is 3.94. The lowest BCUT2D eigenvalue weighted by Gasteiger charge is -2.18. The van der Waals surface area contributed by atoms with Crippen LogP contribution in [0.4, 0.5) is 0 Å². The number of methoxy groups -OCH3 is 1. The zero-order valence-corrected chi connectivity index (χ0v) is 8.52. The molecule has 0 spiro atoms. The zero-order valence-electron chi connectivity index (χ0n) is 8.52. The highest BCUT2D eigenvalue weighted by Crippen LogP contribution is 2.44. The van der Waals surface area contributed by atoms with E-state index in [1.165, 1.54) is 12.8 Å². The van der Waals surface area contributed by atoms with E-state index in [2.05, 4.69) is 19.2 Å². The first kappa shape index (κ1) is 10.0. The molecule has 2 heteroatoms. The molecule has 0 aromatic heterocycles. The Morgan fingerprint density at radius 2 is 2.17 bits per heavy atom. The minimum atomic E-state index is 0.549. The lowest BCUT2D eigenvalue weighted by molar-refractivity contribution is 0.161. The van der Waals surface area contributed by atoms with E-state index in [-0.39, 0.29) is 0 Å². The molecule has 1 atom stereocenters. The van der Waals surface area contributed by atoms with Crippen molar-refractivity contribution in [3.8, 4) is 0 Å². The molecule has 2 nitrogen and oxygen atoms in total. The molecule has 1 saturated carbocycles. The summed E-state index contributed by atoms with van der Waals surface area (Å²) in [6, 6.07) is 0.549. The molecule has 0 radical (unpaired) electrons. The van der Waals surface area contributed by atoms with Crippen LogP contribution in [0.3, 0.4) is 0 Å². The topological polar surface area (TPSA) is 21.3 Å². The second kappa shape index (κ2) is 4.24. The molecule has 1 aliphatic carbocycles. The average molecular weight is 171 g/mol. The molecule has 1 rings (SSSR count). The Morgan fingerprint density at radius 3 is 2.58 bits per heavy atom. The summed E-state index contributed by atoms with van der Waals surface area (Å²) in [5, 5.41) is 3.55. The molecule has 1 fully saturated rings. The highest BCUT2D eigenvalue weighted by Gasteiger charge is 2.36. The van der Waals surface area contributed by atoms with Gasteiger partial charge in [-0.3, -0.25) is 0 Å². The van der Waals surface area contributed by atoms with Gasteiger partial charge < -0.3 is 10.1 Å². The first-order chi connectivity index (χ1) is 5.70. The van der Waals surface area contributed by atoms with Crippen LogP contribution in [-0.4, -0.2) is 26.3 Å². The molecule has 0 heterocycles. The van der Waals surface area contributed by atoms with E-state index in [9.17, 15) is 0 Å². The van der Waals surface area contributed by atoms with Gasteiger partial charge in [-0.1, -0.05) is 13.8 Å². The Bertz CT molecular complexity index is 132. The first-order valence-electron chi connectivity index (χ1n) is 4.92. The summed E-state index contributed by atoms with van der Waals surface area (Å²) in [5.41, 5.74) is 0.612. The number of hydrogen-bond donors (Lipinski definition) is 1. The van der Waals surface area contributed by atoms with Crippen molar-refractivity contribution in [2.75, 3.05) is 20.3 Å². The first-order valence-corrected chi connectivity index (χ1v) is 4.92. The number of rotatable bonds is 6. The van der Waals surface area contributed by atoms with Crippen LogP contribution in [0, 0.1) is 5.41 Å². The average Bonchev–Trinajstić information content (AvgIpc) is 2.78.